The normalized spacial score (nSPS) is 12.2. The summed E-state index contributed by atoms with van der Waals surface area (Å²) in [4.78, 5) is 35.4. The molecule has 0 radical (unpaired) electrons. The van der Waals surface area contributed by atoms with Crippen LogP contribution in [-0.2, 0) is 14.3 Å². The molecule has 120 valence electrons. The first-order valence-electron chi connectivity index (χ1n) is 6.95. The Kier molecular flexibility index (Phi) is 5.68. The molecule has 0 bridgehead atoms. The first-order chi connectivity index (χ1) is 10.1. The van der Waals surface area contributed by atoms with Gasteiger partial charge in [0.05, 0.1) is 12.7 Å². The summed E-state index contributed by atoms with van der Waals surface area (Å²) in [5, 5.41) is 5.30. The lowest BCUT2D eigenvalue weighted by molar-refractivity contribution is -0.131. The number of ether oxygens (including phenoxy) is 1. The Bertz CT molecular complexity index is 576. The number of carbonyl (C=O) groups excluding carboxylic acids is 3. The molecule has 0 saturated carbocycles. The van der Waals surface area contributed by atoms with Gasteiger partial charge in [-0.25, -0.2) is 4.79 Å². The molecule has 0 aliphatic heterocycles. The van der Waals surface area contributed by atoms with Gasteiger partial charge in [0.15, 0.2) is 0 Å². The Morgan fingerprint density at radius 1 is 1.18 bits per heavy atom. The fourth-order valence-electron chi connectivity index (χ4n) is 1.57. The van der Waals surface area contributed by atoms with Gasteiger partial charge in [-0.05, 0) is 25.1 Å². The van der Waals surface area contributed by atoms with Crippen LogP contribution in [0.25, 0.3) is 0 Å². The summed E-state index contributed by atoms with van der Waals surface area (Å²) in [6.45, 7) is 6.91. The van der Waals surface area contributed by atoms with Crippen molar-refractivity contribution in [1.82, 2.24) is 5.32 Å². The third kappa shape index (κ3) is 4.87. The van der Waals surface area contributed by atoms with Crippen LogP contribution in [0.1, 0.15) is 38.1 Å². The van der Waals surface area contributed by atoms with Gasteiger partial charge in [0.2, 0.25) is 11.8 Å². The highest BCUT2D eigenvalue weighted by Gasteiger charge is 2.25. The van der Waals surface area contributed by atoms with E-state index in [0.29, 0.717) is 11.3 Å². The van der Waals surface area contributed by atoms with Crippen LogP contribution in [0, 0.1) is 5.41 Å². The molecule has 0 saturated heterocycles. The van der Waals surface area contributed by atoms with Crippen molar-refractivity contribution in [3.8, 4) is 0 Å². The first kappa shape index (κ1) is 17.7. The minimum absolute atomic E-state index is 0.210. The highest BCUT2D eigenvalue weighted by molar-refractivity contribution is 5.98. The van der Waals surface area contributed by atoms with Crippen molar-refractivity contribution in [2.45, 2.75) is 33.7 Å². The van der Waals surface area contributed by atoms with Crippen LogP contribution in [0.2, 0.25) is 0 Å². The molecule has 0 fully saturated rings. The smallest absolute Gasteiger partial charge is 0.337 e. The predicted octanol–water partition coefficient (Wildman–Crippen LogP) is 1.96. The molecule has 2 amide bonds. The van der Waals surface area contributed by atoms with Crippen molar-refractivity contribution >= 4 is 23.5 Å². The molecule has 0 spiro atoms. The number of methoxy groups -OCH3 is 1. The predicted molar refractivity (Wildman–Crippen MR) is 83.5 cm³/mol. The summed E-state index contributed by atoms with van der Waals surface area (Å²) >= 11 is 0. The third-order valence-electron chi connectivity index (χ3n) is 2.97. The first-order valence-corrected chi connectivity index (χ1v) is 6.95. The second-order valence-corrected chi connectivity index (χ2v) is 6.01. The number of amides is 2. The molecule has 0 aliphatic carbocycles. The second kappa shape index (κ2) is 7.06. The summed E-state index contributed by atoms with van der Waals surface area (Å²) in [7, 11) is 1.29. The number of hydrogen-bond donors (Lipinski definition) is 2. The molecule has 6 nitrogen and oxygen atoms in total. The average molecular weight is 306 g/mol. The van der Waals surface area contributed by atoms with Gasteiger partial charge in [0.1, 0.15) is 6.04 Å². The Morgan fingerprint density at radius 2 is 1.82 bits per heavy atom. The fraction of sp³-hybridized carbons (Fsp3) is 0.438. The zero-order valence-electron chi connectivity index (χ0n) is 13.5. The molecule has 1 unspecified atom stereocenters. The second-order valence-electron chi connectivity index (χ2n) is 6.01. The van der Waals surface area contributed by atoms with E-state index < -0.39 is 17.4 Å². The quantitative estimate of drug-likeness (QED) is 0.833. The summed E-state index contributed by atoms with van der Waals surface area (Å²) in [6.07, 6.45) is 0. The lowest BCUT2D eigenvalue weighted by Crippen LogP contribution is -2.46. The van der Waals surface area contributed by atoms with Crippen molar-refractivity contribution < 1.29 is 19.1 Å². The van der Waals surface area contributed by atoms with Crippen LogP contribution in [0.5, 0.6) is 0 Å². The van der Waals surface area contributed by atoms with Crippen LogP contribution >= 0.6 is 0 Å². The van der Waals surface area contributed by atoms with E-state index in [1.165, 1.54) is 13.2 Å². The van der Waals surface area contributed by atoms with Crippen molar-refractivity contribution in [3.63, 3.8) is 0 Å². The molecule has 1 atom stereocenters. The SMILES string of the molecule is COC(=O)c1cccc(NC(=O)C(C)NC(=O)C(C)(C)C)c1. The van der Waals surface area contributed by atoms with Crippen LogP contribution in [-0.4, -0.2) is 30.9 Å². The van der Waals surface area contributed by atoms with Gasteiger partial charge in [-0.2, -0.15) is 0 Å². The molecule has 0 aromatic heterocycles. The highest BCUT2D eigenvalue weighted by Crippen LogP contribution is 2.14. The van der Waals surface area contributed by atoms with Crippen molar-refractivity contribution in [2.24, 2.45) is 5.41 Å². The molecule has 2 N–H and O–H groups in total. The van der Waals surface area contributed by atoms with E-state index in [1.807, 2.05) is 0 Å². The van der Waals surface area contributed by atoms with E-state index >= 15 is 0 Å². The van der Waals surface area contributed by atoms with Gasteiger partial charge >= 0.3 is 5.97 Å². The number of esters is 1. The summed E-state index contributed by atoms with van der Waals surface area (Å²) in [5.74, 6) is -1.05. The van der Waals surface area contributed by atoms with E-state index in [9.17, 15) is 14.4 Å². The zero-order chi connectivity index (χ0) is 16.9. The van der Waals surface area contributed by atoms with E-state index in [-0.39, 0.29) is 11.8 Å². The monoisotopic (exact) mass is 306 g/mol. The number of anilines is 1. The van der Waals surface area contributed by atoms with Crippen LogP contribution in [0.4, 0.5) is 5.69 Å². The Morgan fingerprint density at radius 3 is 2.36 bits per heavy atom. The molecule has 1 aromatic carbocycles. The van der Waals surface area contributed by atoms with Crippen LogP contribution in [0.15, 0.2) is 24.3 Å². The zero-order valence-corrected chi connectivity index (χ0v) is 13.5. The van der Waals surface area contributed by atoms with Gasteiger partial charge in [-0.3, -0.25) is 9.59 Å². The average Bonchev–Trinajstić information content (AvgIpc) is 2.45. The van der Waals surface area contributed by atoms with Gasteiger partial charge in [0.25, 0.3) is 0 Å². The lowest BCUT2D eigenvalue weighted by atomic mass is 9.95. The van der Waals surface area contributed by atoms with Crippen molar-refractivity contribution in [2.75, 3.05) is 12.4 Å². The van der Waals surface area contributed by atoms with E-state index in [1.54, 1.807) is 45.9 Å². The molecule has 1 rings (SSSR count). The molecule has 0 aliphatic rings. The molecule has 22 heavy (non-hydrogen) atoms. The van der Waals surface area contributed by atoms with Crippen molar-refractivity contribution in [3.05, 3.63) is 29.8 Å². The maximum Gasteiger partial charge on any atom is 0.337 e. The molecule has 1 aromatic rings. The standard InChI is InChI=1S/C16H22N2O4/c1-10(17-15(21)16(2,3)4)13(19)18-12-8-6-7-11(9-12)14(20)22-5/h6-10H,1-5H3,(H,17,21)(H,18,19). The summed E-state index contributed by atoms with van der Waals surface area (Å²) < 4.78 is 4.63. The number of benzene rings is 1. The van der Waals surface area contributed by atoms with Crippen molar-refractivity contribution in [1.29, 1.82) is 0 Å². The largest absolute Gasteiger partial charge is 0.465 e. The van der Waals surface area contributed by atoms with E-state index in [4.69, 9.17) is 0 Å². The van der Waals surface area contributed by atoms with E-state index in [0.717, 1.165) is 0 Å². The van der Waals surface area contributed by atoms with Gasteiger partial charge in [-0.15, -0.1) is 0 Å². The number of nitrogens with one attached hydrogen (secondary N) is 2. The summed E-state index contributed by atoms with van der Waals surface area (Å²) in [5.41, 5.74) is 0.232. The van der Waals surface area contributed by atoms with Gasteiger partial charge < -0.3 is 15.4 Å². The topological polar surface area (TPSA) is 84.5 Å². The molecular weight excluding hydrogens is 284 g/mol. The Labute approximate surface area is 130 Å². The fourth-order valence-corrected chi connectivity index (χ4v) is 1.57. The lowest BCUT2D eigenvalue weighted by Gasteiger charge is -2.21. The Balaban J connectivity index is 2.72. The van der Waals surface area contributed by atoms with Crippen LogP contribution < -0.4 is 10.6 Å². The summed E-state index contributed by atoms with van der Waals surface area (Å²) in [6, 6.07) is 5.71. The van der Waals surface area contributed by atoms with Gasteiger partial charge in [0, 0.05) is 11.1 Å². The Hall–Kier alpha value is -2.37. The molecule has 6 heteroatoms. The highest BCUT2D eigenvalue weighted by atomic mass is 16.5. The third-order valence-corrected chi connectivity index (χ3v) is 2.97. The minimum atomic E-state index is -0.687. The number of hydrogen-bond acceptors (Lipinski definition) is 4. The number of rotatable bonds is 4. The maximum absolute atomic E-state index is 12.1. The van der Waals surface area contributed by atoms with Gasteiger partial charge in [-0.1, -0.05) is 26.8 Å². The molecule has 0 heterocycles. The van der Waals surface area contributed by atoms with Crippen LogP contribution in [0.3, 0.4) is 0 Å². The maximum atomic E-state index is 12.1. The van der Waals surface area contributed by atoms with E-state index in [2.05, 4.69) is 15.4 Å². The minimum Gasteiger partial charge on any atom is -0.465 e. The molecular formula is C16H22N2O4. The number of carbonyl (C=O) groups is 3.